The van der Waals surface area contributed by atoms with Gasteiger partial charge in [0.1, 0.15) is 0 Å². The van der Waals surface area contributed by atoms with E-state index in [0.29, 0.717) is 18.4 Å². The molecule has 7 rings (SSSR count). The number of nitrogens with one attached hydrogen (secondary N) is 1. The first-order valence-electron chi connectivity index (χ1n) is 11.9. The van der Waals surface area contributed by atoms with Crippen molar-refractivity contribution >= 4 is 39.1 Å². The minimum absolute atomic E-state index is 0.0360. The first kappa shape index (κ1) is 19.7. The summed E-state index contributed by atoms with van der Waals surface area (Å²) in [7, 11) is 0. The zero-order valence-corrected chi connectivity index (χ0v) is 19.2. The van der Waals surface area contributed by atoms with Crippen LogP contribution in [0.2, 0.25) is 0 Å². The van der Waals surface area contributed by atoms with Crippen LogP contribution in [-0.2, 0) is 9.59 Å². The van der Waals surface area contributed by atoms with Crippen LogP contribution in [0.4, 0.5) is 5.69 Å². The number of anilines is 1. The van der Waals surface area contributed by atoms with Crippen LogP contribution in [-0.4, -0.2) is 29.4 Å². The van der Waals surface area contributed by atoms with Crippen molar-refractivity contribution in [2.75, 3.05) is 11.4 Å². The van der Waals surface area contributed by atoms with Crippen molar-refractivity contribution in [3.63, 3.8) is 0 Å². The molecular weight excluding hydrogens is 406 g/mol. The fourth-order valence-corrected chi connectivity index (χ4v) is 8.33. The zero-order valence-electron chi connectivity index (χ0n) is 18.4. The van der Waals surface area contributed by atoms with Crippen molar-refractivity contribution < 1.29 is 9.59 Å². The van der Waals surface area contributed by atoms with Crippen LogP contribution >= 0.6 is 11.3 Å². The number of carbonyl (C=O) groups is 2. The van der Waals surface area contributed by atoms with Gasteiger partial charge in [0.25, 0.3) is 0 Å². The predicted molar refractivity (Wildman–Crippen MR) is 123 cm³/mol. The lowest BCUT2D eigenvalue weighted by atomic mass is 9.48. The normalized spacial score (nSPS) is 35.2. The molecule has 1 aromatic carbocycles. The van der Waals surface area contributed by atoms with Gasteiger partial charge in [0.15, 0.2) is 0 Å². The van der Waals surface area contributed by atoms with Crippen molar-refractivity contribution in [2.45, 2.75) is 64.8 Å². The van der Waals surface area contributed by atoms with E-state index in [9.17, 15) is 9.59 Å². The van der Waals surface area contributed by atoms with E-state index in [-0.39, 0.29) is 23.8 Å². The molecule has 164 valence electrons. The maximum absolute atomic E-state index is 13.2. The van der Waals surface area contributed by atoms with Crippen molar-refractivity contribution in [1.29, 1.82) is 0 Å². The van der Waals surface area contributed by atoms with E-state index in [2.05, 4.69) is 17.2 Å². The van der Waals surface area contributed by atoms with E-state index in [0.717, 1.165) is 38.7 Å². The van der Waals surface area contributed by atoms with E-state index in [1.165, 1.54) is 38.5 Å². The Hall–Kier alpha value is -1.95. The van der Waals surface area contributed by atoms with Gasteiger partial charge in [-0.2, -0.15) is 0 Å². The second-order valence-corrected chi connectivity index (χ2v) is 12.0. The quantitative estimate of drug-likeness (QED) is 0.755. The van der Waals surface area contributed by atoms with Gasteiger partial charge in [-0.15, -0.1) is 11.3 Å². The fraction of sp³-hybridized carbons (Fsp3) is 0.640. The van der Waals surface area contributed by atoms with E-state index in [1.54, 1.807) is 16.2 Å². The Balaban J connectivity index is 1.15. The topological polar surface area (TPSA) is 62.3 Å². The number of nitrogens with zero attached hydrogens (tertiary/aromatic N) is 2. The number of aromatic nitrogens is 1. The van der Waals surface area contributed by atoms with Crippen molar-refractivity contribution in [3.05, 3.63) is 23.2 Å². The molecule has 2 aromatic rings. The highest BCUT2D eigenvalue weighted by atomic mass is 32.1. The van der Waals surface area contributed by atoms with E-state index in [1.807, 2.05) is 25.1 Å². The molecule has 5 fully saturated rings. The summed E-state index contributed by atoms with van der Waals surface area (Å²) in [6.07, 6.45) is 8.38. The smallest absolute Gasteiger partial charge is 0.227 e. The molecule has 2 heterocycles. The molecule has 2 atom stereocenters. The van der Waals surface area contributed by atoms with Crippen LogP contribution in [0.3, 0.4) is 0 Å². The monoisotopic (exact) mass is 437 g/mol. The molecule has 2 amide bonds. The van der Waals surface area contributed by atoms with Crippen molar-refractivity contribution in [1.82, 2.24) is 10.3 Å². The molecular formula is C25H31N3O2S. The highest BCUT2D eigenvalue weighted by Gasteiger charge is 2.53. The Morgan fingerprint density at radius 3 is 2.55 bits per heavy atom. The van der Waals surface area contributed by atoms with E-state index in [4.69, 9.17) is 0 Å². The van der Waals surface area contributed by atoms with Gasteiger partial charge < -0.3 is 10.2 Å². The third-order valence-electron chi connectivity index (χ3n) is 8.65. The van der Waals surface area contributed by atoms with Gasteiger partial charge >= 0.3 is 0 Å². The van der Waals surface area contributed by atoms with Gasteiger partial charge in [-0.25, -0.2) is 4.98 Å². The van der Waals surface area contributed by atoms with E-state index < -0.39 is 0 Å². The lowest BCUT2D eigenvalue weighted by Crippen LogP contribution is -2.56. The Kier molecular flexibility index (Phi) is 4.47. The summed E-state index contributed by atoms with van der Waals surface area (Å²) in [5, 5.41) is 4.40. The summed E-state index contributed by atoms with van der Waals surface area (Å²) < 4.78 is 1.13. The van der Waals surface area contributed by atoms with Crippen molar-refractivity contribution in [3.8, 4) is 0 Å². The molecule has 0 radical (unpaired) electrons. The maximum atomic E-state index is 13.2. The molecule has 31 heavy (non-hydrogen) atoms. The third-order valence-corrected chi connectivity index (χ3v) is 9.60. The second kappa shape index (κ2) is 7.03. The Labute approximate surface area is 187 Å². The number of hydrogen-bond donors (Lipinski definition) is 1. The maximum Gasteiger partial charge on any atom is 0.227 e. The molecule has 4 aliphatic carbocycles. The molecule has 5 aliphatic rings. The molecule has 6 heteroatoms. The molecule has 1 aliphatic heterocycles. The molecule has 4 saturated carbocycles. The Bertz CT molecular complexity index is 1020. The summed E-state index contributed by atoms with van der Waals surface area (Å²) in [5.41, 5.74) is 2.07. The van der Waals surface area contributed by atoms with E-state index >= 15 is 0 Å². The lowest BCUT2D eigenvalue weighted by Gasteiger charge is -2.59. The van der Waals surface area contributed by atoms with Gasteiger partial charge in [-0.05, 0) is 93.7 Å². The van der Waals surface area contributed by atoms with Crippen LogP contribution in [0.5, 0.6) is 0 Å². The number of fused-ring (bicyclic) bond motifs is 1. The number of rotatable bonds is 4. The largest absolute Gasteiger partial charge is 0.353 e. The molecule has 1 aromatic heterocycles. The number of carbonyl (C=O) groups excluding carboxylic acids is 2. The van der Waals surface area contributed by atoms with Gasteiger partial charge in [0, 0.05) is 24.7 Å². The highest BCUT2D eigenvalue weighted by molar-refractivity contribution is 7.18. The standard InChI is InChI=1S/C25H31N3O2S/c1-14(25-10-16-5-17(11-25)7-18(6-16)12-25)26-24(30)19-8-23(29)28(13-19)20-3-4-22-21(9-20)27-15(2)31-22/h3-4,9,14,16-19H,5-8,10-13H2,1-2H3,(H,26,30). The summed E-state index contributed by atoms with van der Waals surface area (Å²) in [5.74, 6) is 2.45. The molecule has 4 bridgehead atoms. The average molecular weight is 438 g/mol. The van der Waals surface area contributed by atoms with Gasteiger partial charge in [0.2, 0.25) is 11.8 Å². The van der Waals surface area contributed by atoms with Crippen LogP contribution < -0.4 is 10.2 Å². The SMILES string of the molecule is Cc1nc2cc(N3CC(C(=O)NC(C)C45CC6CC(CC(C6)C4)C5)CC3=O)ccc2s1. The molecule has 2 unspecified atom stereocenters. The molecule has 0 spiro atoms. The van der Waals surface area contributed by atoms with Crippen LogP contribution in [0.15, 0.2) is 18.2 Å². The number of hydrogen-bond acceptors (Lipinski definition) is 4. The molecule has 5 nitrogen and oxygen atoms in total. The van der Waals surface area contributed by atoms with Crippen LogP contribution in [0, 0.1) is 36.0 Å². The first-order valence-corrected chi connectivity index (χ1v) is 12.7. The lowest BCUT2D eigenvalue weighted by molar-refractivity contribution is -0.130. The summed E-state index contributed by atoms with van der Waals surface area (Å²) in [6, 6.07) is 6.20. The minimum atomic E-state index is -0.267. The fourth-order valence-electron chi connectivity index (χ4n) is 7.52. The van der Waals surface area contributed by atoms with Crippen LogP contribution in [0.25, 0.3) is 10.2 Å². The average Bonchev–Trinajstić information content (AvgIpc) is 3.28. The number of thiazole rings is 1. The third kappa shape index (κ3) is 3.29. The zero-order chi connectivity index (χ0) is 21.3. The first-order chi connectivity index (χ1) is 14.9. The Morgan fingerprint density at radius 2 is 1.87 bits per heavy atom. The highest BCUT2D eigenvalue weighted by Crippen LogP contribution is 2.61. The summed E-state index contributed by atoms with van der Waals surface area (Å²) >= 11 is 1.66. The molecule has 1 N–H and O–H groups in total. The summed E-state index contributed by atoms with van der Waals surface area (Å²) in [6.45, 7) is 4.68. The summed E-state index contributed by atoms with van der Waals surface area (Å²) in [4.78, 5) is 32.3. The Morgan fingerprint density at radius 1 is 1.19 bits per heavy atom. The van der Waals surface area contributed by atoms with Gasteiger partial charge in [-0.3, -0.25) is 9.59 Å². The number of benzene rings is 1. The minimum Gasteiger partial charge on any atom is -0.353 e. The second-order valence-electron chi connectivity index (χ2n) is 10.8. The van der Waals surface area contributed by atoms with Gasteiger partial charge in [0.05, 0.1) is 21.1 Å². The number of amides is 2. The van der Waals surface area contributed by atoms with Crippen molar-refractivity contribution in [2.24, 2.45) is 29.1 Å². The van der Waals surface area contributed by atoms with Gasteiger partial charge in [-0.1, -0.05) is 0 Å². The van der Waals surface area contributed by atoms with Crippen LogP contribution in [0.1, 0.15) is 56.9 Å². The predicted octanol–water partition coefficient (Wildman–Crippen LogP) is 4.68. The molecule has 1 saturated heterocycles. The number of aryl methyl sites for hydroxylation is 1.